The lowest BCUT2D eigenvalue weighted by molar-refractivity contribution is -0.141. The molecule has 11 nitrogen and oxygen atoms in total. The van der Waals surface area contributed by atoms with Gasteiger partial charge in [0.15, 0.2) is 0 Å². The minimum atomic E-state index is -1.24. The Bertz CT molecular complexity index is 800. The number of nitrogens with one attached hydrogen (secondary N) is 3. The Balaban J connectivity index is 3.10. The first-order chi connectivity index (χ1) is 15.0. The SMILES string of the molecule is CCC(C)C(NC(=O)C(N)CO)C(=O)NC(Cc1ccc(O)cc1)C(=O)NC(C)C(=O)O. The third-order valence-electron chi connectivity index (χ3n) is 5.07. The Labute approximate surface area is 186 Å². The maximum absolute atomic E-state index is 13.0. The largest absolute Gasteiger partial charge is 0.508 e. The minimum absolute atomic E-state index is 0.0154. The summed E-state index contributed by atoms with van der Waals surface area (Å²) in [6.07, 6.45) is 0.541. The Morgan fingerprint density at radius 2 is 1.56 bits per heavy atom. The lowest BCUT2D eigenvalue weighted by Crippen LogP contribution is -2.59. The molecule has 5 atom stereocenters. The number of amides is 3. The van der Waals surface area contributed by atoms with E-state index >= 15 is 0 Å². The van der Waals surface area contributed by atoms with E-state index in [1.807, 2.05) is 6.92 Å². The molecule has 0 saturated carbocycles. The van der Waals surface area contributed by atoms with Crippen molar-refractivity contribution < 1.29 is 34.5 Å². The van der Waals surface area contributed by atoms with E-state index in [1.54, 1.807) is 19.1 Å². The van der Waals surface area contributed by atoms with Crippen LogP contribution in [0.15, 0.2) is 24.3 Å². The Morgan fingerprint density at radius 1 is 0.969 bits per heavy atom. The summed E-state index contributed by atoms with van der Waals surface area (Å²) < 4.78 is 0. The molecule has 32 heavy (non-hydrogen) atoms. The summed E-state index contributed by atoms with van der Waals surface area (Å²) in [5, 5.41) is 35.0. The smallest absolute Gasteiger partial charge is 0.325 e. The van der Waals surface area contributed by atoms with Crippen LogP contribution < -0.4 is 21.7 Å². The van der Waals surface area contributed by atoms with Gasteiger partial charge in [-0.2, -0.15) is 0 Å². The number of phenols is 1. The lowest BCUT2D eigenvalue weighted by atomic mass is 9.96. The highest BCUT2D eigenvalue weighted by Gasteiger charge is 2.31. The van der Waals surface area contributed by atoms with E-state index in [0.29, 0.717) is 12.0 Å². The third-order valence-corrected chi connectivity index (χ3v) is 5.07. The summed E-state index contributed by atoms with van der Waals surface area (Å²) in [5.74, 6) is -3.62. The van der Waals surface area contributed by atoms with E-state index in [0.717, 1.165) is 0 Å². The second kappa shape index (κ2) is 12.6. The molecule has 0 radical (unpaired) electrons. The summed E-state index contributed by atoms with van der Waals surface area (Å²) in [4.78, 5) is 49.0. The molecule has 1 rings (SSSR count). The van der Waals surface area contributed by atoms with Crippen molar-refractivity contribution in [2.75, 3.05) is 6.61 Å². The fourth-order valence-electron chi connectivity index (χ4n) is 2.76. The number of hydrogen-bond donors (Lipinski definition) is 7. The second-order valence-corrected chi connectivity index (χ2v) is 7.66. The molecule has 8 N–H and O–H groups in total. The van der Waals surface area contributed by atoms with Crippen molar-refractivity contribution in [3.05, 3.63) is 29.8 Å². The van der Waals surface area contributed by atoms with Crippen LogP contribution in [0.1, 0.15) is 32.8 Å². The molecule has 5 unspecified atom stereocenters. The molecular weight excluding hydrogens is 420 g/mol. The van der Waals surface area contributed by atoms with Gasteiger partial charge in [0.1, 0.15) is 29.9 Å². The number of carboxylic acid groups (broad SMARTS) is 1. The highest BCUT2D eigenvalue weighted by atomic mass is 16.4. The third kappa shape index (κ3) is 8.16. The molecule has 0 aliphatic carbocycles. The van der Waals surface area contributed by atoms with Crippen molar-refractivity contribution in [2.24, 2.45) is 11.7 Å². The van der Waals surface area contributed by atoms with Crippen LogP contribution >= 0.6 is 0 Å². The number of benzene rings is 1. The van der Waals surface area contributed by atoms with E-state index in [2.05, 4.69) is 16.0 Å². The van der Waals surface area contributed by atoms with Gasteiger partial charge in [0.2, 0.25) is 17.7 Å². The maximum atomic E-state index is 13.0. The average molecular weight is 453 g/mol. The fourth-order valence-corrected chi connectivity index (χ4v) is 2.76. The van der Waals surface area contributed by atoms with Crippen LogP contribution in [0.4, 0.5) is 0 Å². The van der Waals surface area contributed by atoms with E-state index in [4.69, 9.17) is 15.9 Å². The summed E-state index contributed by atoms with van der Waals surface area (Å²) in [7, 11) is 0. The zero-order valence-electron chi connectivity index (χ0n) is 18.4. The van der Waals surface area contributed by atoms with E-state index in [1.165, 1.54) is 19.1 Å². The number of aliphatic hydroxyl groups is 1. The average Bonchev–Trinajstić information content (AvgIpc) is 2.76. The fraction of sp³-hybridized carbons (Fsp3) is 0.524. The predicted molar refractivity (Wildman–Crippen MR) is 115 cm³/mol. The number of rotatable bonds is 12. The monoisotopic (exact) mass is 452 g/mol. The lowest BCUT2D eigenvalue weighted by Gasteiger charge is -2.27. The number of carboxylic acids is 1. The Hall–Kier alpha value is -3.18. The highest BCUT2D eigenvalue weighted by molar-refractivity contribution is 5.94. The summed E-state index contributed by atoms with van der Waals surface area (Å²) >= 11 is 0. The van der Waals surface area contributed by atoms with Gasteiger partial charge in [0, 0.05) is 6.42 Å². The molecule has 0 saturated heterocycles. The molecule has 178 valence electrons. The Kier molecular flexibility index (Phi) is 10.6. The van der Waals surface area contributed by atoms with E-state index in [9.17, 15) is 24.3 Å². The zero-order valence-corrected chi connectivity index (χ0v) is 18.4. The highest BCUT2D eigenvalue weighted by Crippen LogP contribution is 2.13. The van der Waals surface area contributed by atoms with Gasteiger partial charge in [0.05, 0.1) is 6.61 Å². The van der Waals surface area contributed by atoms with Crippen LogP contribution in [0.25, 0.3) is 0 Å². The van der Waals surface area contributed by atoms with Crippen LogP contribution in [0.3, 0.4) is 0 Å². The summed E-state index contributed by atoms with van der Waals surface area (Å²) in [6.45, 7) is 4.24. The standard InChI is InChI=1S/C21H32N4O7/c1-4-11(2)17(25-18(28)15(22)10-26)20(30)24-16(19(29)23-12(3)21(31)32)9-13-5-7-14(27)8-6-13/h5-8,11-12,15-17,26-27H,4,9-10,22H2,1-3H3,(H,23,29)(H,24,30)(H,25,28)(H,31,32). The molecule has 0 aliphatic heterocycles. The van der Waals surface area contributed by atoms with Crippen LogP contribution in [-0.2, 0) is 25.6 Å². The number of aliphatic carboxylic acids is 1. The predicted octanol–water partition coefficient (Wildman–Crippen LogP) is -1.14. The maximum Gasteiger partial charge on any atom is 0.325 e. The first-order valence-electron chi connectivity index (χ1n) is 10.3. The van der Waals surface area contributed by atoms with Gasteiger partial charge in [-0.1, -0.05) is 32.4 Å². The van der Waals surface area contributed by atoms with Gasteiger partial charge in [0.25, 0.3) is 0 Å². The topological polar surface area (TPSA) is 191 Å². The van der Waals surface area contributed by atoms with Crippen molar-refractivity contribution >= 4 is 23.7 Å². The Morgan fingerprint density at radius 3 is 2.06 bits per heavy atom. The molecule has 11 heteroatoms. The number of carbonyl (C=O) groups excluding carboxylic acids is 3. The molecule has 0 fully saturated rings. The number of nitrogens with two attached hydrogens (primary N) is 1. The molecule has 1 aromatic carbocycles. The summed E-state index contributed by atoms with van der Waals surface area (Å²) in [5.41, 5.74) is 6.13. The quantitative estimate of drug-likeness (QED) is 0.207. The van der Waals surface area contributed by atoms with Crippen molar-refractivity contribution in [2.45, 2.75) is 57.8 Å². The van der Waals surface area contributed by atoms with Gasteiger partial charge in [-0.25, -0.2) is 0 Å². The van der Waals surface area contributed by atoms with Crippen molar-refractivity contribution in [3.8, 4) is 5.75 Å². The van der Waals surface area contributed by atoms with Crippen molar-refractivity contribution in [1.82, 2.24) is 16.0 Å². The molecule has 0 aromatic heterocycles. The van der Waals surface area contributed by atoms with Gasteiger partial charge >= 0.3 is 5.97 Å². The van der Waals surface area contributed by atoms with E-state index in [-0.39, 0.29) is 18.1 Å². The molecule has 3 amide bonds. The molecule has 1 aromatic rings. The normalized spacial score (nSPS) is 15.5. The van der Waals surface area contributed by atoms with Gasteiger partial charge in [-0.15, -0.1) is 0 Å². The summed E-state index contributed by atoms with van der Waals surface area (Å²) in [6, 6.07) is 1.40. The van der Waals surface area contributed by atoms with Gasteiger partial charge < -0.3 is 37.0 Å². The van der Waals surface area contributed by atoms with Gasteiger partial charge in [-0.3, -0.25) is 19.2 Å². The molecular formula is C21H32N4O7. The minimum Gasteiger partial charge on any atom is -0.508 e. The van der Waals surface area contributed by atoms with Crippen LogP contribution in [0, 0.1) is 5.92 Å². The molecule has 0 spiro atoms. The number of carbonyl (C=O) groups is 4. The second-order valence-electron chi connectivity index (χ2n) is 7.66. The number of phenolic OH excluding ortho intramolecular Hbond substituents is 1. The molecule has 0 bridgehead atoms. The van der Waals surface area contributed by atoms with Crippen molar-refractivity contribution in [3.63, 3.8) is 0 Å². The van der Waals surface area contributed by atoms with Crippen molar-refractivity contribution in [1.29, 1.82) is 0 Å². The first kappa shape index (κ1) is 26.9. The van der Waals surface area contributed by atoms with Gasteiger partial charge in [-0.05, 0) is 30.5 Å². The zero-order chi connectivity index (χ0) is 24.4. The number of aromatic hydroxyl groups is 1. The van der Waals surface area contributed by atoms with Crippen LogP contribution in [0.2, 0.25) is 0 Å². The molecule has 0 aliphatic rings. The first-order valence-corrected chi connectivity index (χ1v) is 10.3. The van der Waals surface area contributed by atoms with E-state index < -0.39 is 54.5 Å². The van der Waals surface area contributed by atoms with Crippen LogP contribution in [0.5, 0.6) is 5.75 Å². The van der Waals surface area contributed by atoms with Crippen LogP contribution in [-0.4, -0.2) is 69.8 Å². The number of aliphatic hydroxyl groups excluding tert-OH is 1. The molecule has 0 heterocycles. The number of hydrogen-bond acceptors (Lipinski definition) is 7.